The van der Waals surface area contributed by atoms with Crippen LogP contribution in [-0.4, -0.2) is 38.0 Å². The van der Waals surface area contributed by atoms with Gasteiger partial charge in [-0.1, -0.05) is 6.07 Å². The second-order valence-corrected chi connectivity index (χ2v) is 4.03. The van der Waals surface area contributed by atoms with E-state index in [2.05, 4.69) is 0 Å². The minimum atomic E-state index is -1.58. The fraction of sp³-hybridized carbons (Fsp3) is 0.385. The van der Waals surface area contributed by atoms with Crippen LogP contribution in [0.3, 0.4) is 0 Å². The van der Waals surface area contributed by atoms with Gasteiger partial charge in [0, 0.05) is 21.1 Å². The molecule has 0 aliphatic carbocycles. The number of ether oxygens (including phenoxy) is 3. The maximum Gasteiger partial charge on any atom is 0.293 e. The van der Waals surface area contributed by atoms with E-state index in [-0.39, 0.29) is 0 Å². The molecule has 0 aromatic heterocycles. The quantitative estimate of drug-likeness (QED) is 0.766. The number of imide groups is 1. The Morgan fingerprint density at radius 2 is 1.84 bits per heavy atom. The van der Waals surface area contributed by atoms with Crippen LogP contribution < -0.4 is 4.74 Å². The lowest BCUT2D eigenvalue weighted by atomic mass is 10.1. The van der Waals surface area contributed by atoms with E-state index in [0.717, 1.165) is 4.90 Å². The summed E-state index contributed by atoms with van der Waals surface area (Å²) >= 11 is 0. The van der Waals surface area contributed by atoms with Gasteiger partial charge in [-0.3, -0.25) is 9.59 Å². The molecular formula is C13H15NO5. The molecule has 0 N–H and O–H groups in total. The zero-order valence-electron chi connectivity index (χ0n) is 11.2. The number of carbonyl (C=O) groups is 2. The van der Waals surface area contributed by atoms with Gasteiger partial charge in [-0.25, -0.2) is 4.90 Å². The highest BCUT2D eigenvalue weighted by Gasteiger charge is 2.55. The molecule has 0 spiro atoms. The van der Waals surface area contributed by atoms with Gasteiger partial charge in [0.05, 0.1) is 18.2 Å². The van der Waals surface area contributed by atoms with Gasteiger partial charge in [-0.15, -0.1) is 0 Å². The average molecular weight is 265 g/mol. The van der Waals surface area contributed by atoms with E-state index in [1.54, 1.807) is 18.2 Å². The fourth-order valence-electron chi connectivity index (χ4n) is 2.39. The van der Waals surface area contributed by atoms with Gasteiger partial charge in [0.15, 0.2) is 0 Å². The highest BCUT2D eigenvalue weighted by molar-refractivity contribution is 6.09. The molecular weight excluding hydrogens is 250 g/mol. The van der Waals surface area contributed by atoms with Crippen molar-refractivity contribution in [3.05, 3.63) is 29.3 Å². The monoisotopic (exact) mass is 265 g/mol. The van der Waals surface area contributed by atoms with Crippen LogP contribution in [0.5, 0.6) is 5.75 Å². The molecule has 2 rings (SSSR count). The second kappa shape index (κ2) is 4.64. The maximum absolute atomic E-state index is 12.3. The fourth-order valence-corrected chi connectivity index (χ4v) is 2.39. The lowest BCUT2D eigenvalue weighted by Crippen LogP contribution is -2.49. The number of carbonyl (C=O) groups excluding carboxylic acids is 2. The van der Waals surface area contributed by atoms with Gasteiger partial charge in [0.2, 0.25) is 5.91 Å². The van der Waals surface area contributed by atoms with Crippen LogP contribution in [-0.2, 0) is 20.2 Å². The highest BCUT2D eigenvalue weighted by atomic mass is 16.7. The Morgan fingerprint density at radius 1 is 1.21 bits per heavy atom. The molecule has 6 nitrogen and oxygen atoms in total. The number of hydrogen-bond acceptors (Lipinski definition) is 5. The molecule has 1 aliphatic rings. The largest absolute Gasteiger partial charge is 0.496 e. The molecule has 0 unspecified atom stereocenters. The number of amides is 2. The third-order valence-corrected chi connectivity index (χ3v) is 3.16. The van der Waals surface area contributed by atoms with E-state index in [9.17, 15) is 9.59 Å². The van der Waals surface area contributed by atoms with E-state index < -0.39 is 17.7 Å². The van der Waals surface area contributed by atoms with Gasteiger partial charge in [0.1, 0.15) is 5.75 Å². The van der Waals surface area contributed by atoms with Crippen molar-refractivity contribution < 1.29 is 23.8 Å². The summed E-state index contributed by atoms with van der Waals surface area (Å²) in [6.07, 6.45) is 0. The number of benzene rings is 1. The van der Waals surface area contributed by atoms with Gasteiger partial charge in [0.25, 0.3) is 11.8 Å². The molecule has 0 radical (unpaired) electrons. The van der Waals surface area contributed by atoms with Crippen LogP contribution in [0.2, 0.25) is 0 Å². The Morgan fingerprint density at radius 3 is 2.32 bits per heavy atom. The molecule has 1 aliphatic heterocycles. The molecule has 0 fully saturated rings. The van der Waals surface area contributed by atoms with Gasteiger partial charge in [-0.05, 0) is 12.1 Å². The molecule has 1 aromatic rings. The Bertz CT molecular complexity index is 536. The van der Waals surface area contributed by atoms with Crippen LogP contribution in [0.15, 0.2) is 18.2 Å². The predicted molar refractivity (Wildman–Crippen MR) is 65.5 cm³/mol. The highest BCUT2D eigenvalue weighted by Crippen LogP contribution is 2.45. The summed E-state index contributed by atoms with van der Waals surface area (Å²) in [4.78, 5) is 25.0. The van der Waals surface area contributed by atoms with Crippen LogP contribution in [0.1, 0.15) is 22.8 Å². The normalized spacial score (nSPS) is 16.4. The maximum atomic E-state index is 12.3. The van der Waals surface area contributed by atoms with E-state index in [1.807, 2.05) is 0 Å². The van der Waals surface area contributed by atoms with E-state index >= 15 is 0 Å². The van der Waals surface area contributed by atoms with Gasteiger partial charge < -0.3 is 14.2 Å². The first kappa shape index (κ1) is 13.5. The topological polar surface area (TPSA) is 65.1 Å². The van der Waals surface area contributed by atoms with Crippen LogP contribution in [0.4, 0.5) is 0 Å². The van der Waals surface area contributed by atoms with E-state index in [0.29, 0.717) is 16.9 Å². The molecule has 102 valence electrons. The summed E-state index contributed by atoms with van der Waals surface area (Å²) in [6, 6.07) is 4.97. The minimum absolute atomic E-state index is 0.332. The van der Waals surface area contributed by atoms with E-state index in [1.165, 1.54) is 28.3 Å². The zero-order valence-corrected chi connectivity index (χ0v) is 11.2. The lowest BCUT2D eigenvalue weighted by molar-refractivity contribution is -0.277. The van der Waals surface area contributed by atoms with Crippen molar-refractivity contribution in [2.24, 2.45) is 0 Å². The molecule has 1 aromatic carbocycles. The number of rotatable bonds is 3. The second-order valence-electron chi connectivity index (χ2n) is 4.03. The first-order chi connectivity index (χ1) is 9.03. The third-order valence-electron chi connectivity index (χ3n) is 3.16. The van der Waals surface area contributed by atoms with Crippen LogP contribution >= 0.6 is 0 Å². The molecule has 6 heteroatoms. The van der Waals surface area contributed by atoms with Crippen molar-refractivity contribution >= 4 is 11.8 Å². The molecule has 0 atom stereocenters. The van der Waals surface area contributed by atoms with Crippen molar-refractivity contribution in [1.29, 1.82) is 0 Å². The Balaban J connectivity index is 2.77. The molecule has 2 amide bonds. The molecule has 0 saturated heterocycles. The first-order valence-corrected chi connectivity index (χ1v) is 5.66. The molecule has 1 heterocycles. The van der Waals surface area contributed by atoms with Gasteiger partial charge >= 0.3 is 0 Å². The third kappa shape index (κ3) is 1.64. The van der Waals surface area contributed by atoms with Crippen LogP contribution in [0, 0.1) is 0 Å². The molecule has 0 saturated carbocycles. The Labute approximate surface area is 110 Å². The van der Waals surface area contributed by atoms with Crippen molar-refractivity contribution in [3.63, 3.8) is 0 Å². The van der Waals surface area contributed by atoms with Crippen molar-refractivity contribution in [3.8, 4) is 5.75 Å². The summed E-state index contributed by atoms with van der Waals surface area (Å²) in [5, 5.41) is 0. The van der Waals surface area contributed by atoms with Gasteiger partial charge in [-0.2, -0.15) is 0 Å². The molecule has 0 bridgehead atoms. The summed E-state index contributed by atoms with van der Waals surface area (Å²) in [5.41, 5.74) is 0.737. The standard InChI is InChI=1S/C13H15NO5/c1-8(15)14-12(16)9-6-5-7-10(17-2)11(9)13(14,18-3)19-4/h5-7H,1-4H3. The number of nitrogens with zero attached hydrogens (tertiary/aromatic N) is 1. The van der Waals surface area contributed by atoms with Crippen molar-refractivity contribution in [1.82, 2.24) is 4.90 Å². The first-order valence-electron chi connectivity index (χ1n) is 5.66. The number of hydrogen-bond donors (Lipinski definition) is 0. The summed E-state index contributed by atoms with van der Waals surface area (Å²) < 4.78 is 15.9. The lowest BCUT2D eigenvalue weighted by Gasteiger charge is -2.34. The van der Waals surface area contributed by atoms with Crippen molar-refractivity contribution in [2.75, 3.05) is 21.3 Å². The van der Waals surface area contributed by atoms with Crippen LogP contribution in [0.25, 0.3) is 0 Å². The van der Waals surface area contributed by atoms with E-state index in [4.69, 9.17) is 14.2 Å². The molecule has 19 heavy (non-hydrogen) atoms. The zero-order chi connectivity index (χ0) is 14.2. The number of methoxy groups -OCH3 is 3. The Kier molecular flexibility index (Phi) is 3.30. The number of fused-ring (bicyclic) bond motifs is 1. The SMILES string of the molecule is COc1cccc2c1C(OC)(OC)N(C(C)=O)C2=O. The van der Waals surface area contributed by atoms with Crippen molar-refractivity contribution in [2.45, 2.75) is 12.8 Å². The summed E-state index contributed by atoms with van der Waals surface area (Å²) in [6.45, 7) is 1.28. The summed E-state index contributed by atoms with van der Waals surface area (Å²) in [7, 11) is 4.22. The minimum Gasteiger partial charge on any atom is -0.496 e. The Hall–Kier alpha value is -1.92. The summed E-state index contributed by atoms with van der Waals surface area (Å²) in [5.74, 6) is -2.08. The smallest absolute Gasteiger partial charge is 0.293 e. The predicted octanol–water partition coefficient (Wildman–Crippen LogP) is 1.10. The average Bonchev–Trinajstić information content (AvgIpc) is 2.68.